The lowest BCUT2D eigenvalue weighted by atomic mass is 10.0. The van der Waals surface area contributed by atoms with Gasteiger partial charge >= 0.3 is 0 Å². The Hall–Kier alpha value is -0.200. The smallest absolute Gasteiger partial charge is 0.0664 e. The highest BCUT2D eigenvalue weighted by molar-refractivity contribution is 4.79. The molecule has 2 N–H and O–H groups in total. The minimum absolute atomic E-state index is 0.172. The molecule has 5 nitrogen and oxygen atoms in total. The van der Waals surface area contributed by atoms with E-state index in [1.807, 2.05) is 0 Å². The normalized spacial score (nSPS) is 24.3. The van der Waals surface area contributed by atoms with Gasteiger partial charge in [0.15, 0.2) is 0 Å². The summed E-state index contributed by atoms with van der Waals surface area (Å²) in [5.74, 6) is 0. The van der Waals surface area contributed by atoms with Gasteiger partial charge in [0.05, 0.1) is 19.3 Å². The summed E-state index contributed by atoms with van der Waals surface area (Å²) in [6.45, 7) is 11.6. The van der Waals surface area contributed by atoms with Gasteiger partial charge in [0.25, 0.3) is 0 Å². The zero-order chi connectivity index (χ0) is 14.9. The Balaban J connectivity index is 1.53. The van der Waals surface area contributed by atoms with Crippen molar-refractivity contribution in [2.45, 2.75) is 44.8 Å². The van der Waals surface area contributed by atoms with E-state index in [1.54, 1.807) is 0 Å². The molecule has 2 fully saturated rings. The quantitative estimate of drug-likeness (QED) is 0.685. The van der Waals surface area contributed by atoms with Crippen molar-refractivity contribution in [3.05, 3.63) is 0 Å². The number of aliphatic hydroxyl groups is 1. The molecule has 21 heavy (non-hydrogen) atoms. The van der Waals surface area contributed by atoms with Crippen molar-refractivity contribution in [3.8, 4) is 0 Å². The molecule has 124 valence electrons. The van der Waals surface area contributed by atoms with Crippen molar-refractivity contribution in [3.63, 3.8) is 0 Å². The molecule has 0 radical (unpaired) electrons. The average molecular weight is 299 g/mol. The van der Waals surface area contributed by atoms with Crippen LogP contribution >= 0.6 is 0 Å². The van der Waals surface area contributed by atoms with Crippen LogP contribution in [-0.2, 0) is 4.74 Å². The van der Waals surface area contributed by atoms with Crippen molar-refractivity contribution in [1.82, 2.24) is 15.1 Å². The lowest BCUT2D eigenvalue weighted by Gasteiger charge is -2.35. The maximum Gasteiger partial charge on any atom is 0.0664 e. The molecule has 0 aromatic rings. The van der Waals surface area contributed by atoms with Crippen molar-refractivity contribution in [1.29, 1.82) is 0 Å². The van der Waals surface area contributed by atoms with Crippen LogP contribution in [0.4, 0.5) is 0 Å². The largest absolute Gasteiger partial charge is 0.392 e. The number of nitrogens with one attached hydrogen (secondary N) is 1. The molecule has 0 aromatic carbocycles. The second kappa shape index (κ2) is 9.74. The molecule has 1 unspecified atom stereocenters. The maximum absolute atomic E-state index is 9.77. The maximum atomic E-state index is 9.77. The van der Waals surface area contributed by atoms with E-state index in [1.165, 1.54) is 39.0 Å². The van der Waals surface area contributed by atoms with Gasteiger partial charge in [-0.3, -0.25) is 4.90 Å². The van der Waals surface area contributed by atoms with Crippen LogP contribution in [0.5, 0.6) is 0 Å². The van der Waals surface area contributed by atoms with Gasteiger partial charge in [-0.2, -0.15) is 0 Å². The number of rotatable bonds is 8. The highest BCUT2D eigenvalue weighted by Crippen LogP contribution is 2.11. The number of piperidine rings is 1. The Labute approximate surface area is 129 Å². The summed E-state index contributed by atoms with van der Waals surface area (Å²) in [4.78, 5) is 5.09. The van der Waals surface area contributed by atoms with Gasteiger partial charge < -0.3 is 20.1 Å². The van der Waals surface area contributed by atoms with Crippen LogP contribution in [0, 0.1) is 0 Å². The third kappa shape index (κ3) is 6.61. The fourth-order valence-electron chi connectivity index (χ4n) is 3.21. The molecule has 0 spiro atoms. The van der Waals surface area contributed by atoms with Crippen molar-refractivity contribution < 1.29 is 9.84 Å². The SMILES string of the molecule is CCCC(O)CNC1CCN(CCN2CCOCC2)CC1. The number of ether oxygens (including phenoxy) is 1. The molecular weight excluding hydrogens is 266 g/mol. The van der Waals surface area contributed by atoms with Crippen LogP contribution in [0.25, 0.3) is 0 Å². The Morgan fingerprint density at radius 1 is 1.10 bits per heavy atom. The molecule has 2 aliphatic heterocycles. The van der Waals surface area contributed by atoms with Crippen LogP contribution < -0.4 is 5.32 Å². The predicted octanol–water partition coefficient (Wildman–Crippen LogP) is 0.534. The van der Waals surface area contributed by atoms with Gasteiger partial charge in [0, 0.05) is 38.8 Å². The highest BCUT2D eigenvalue weighted by Gasteiger charge is 2.20. The number of hydrogen-bond donors (Lipinski definition) is 2. The van der Waals surface area contributed by atoms with Gasteiger partial charge in [-0.15, -0.1) is 0 Å². The minimum atomic E-state index is -0.172. The topological polar surface area (TPSA) is 48.0 Å². The molecule has 2 aliphatic rings. The van der Waals surface area contributed by atoms with Crippen LogP contribution in [0.1, 0.15) is 32.6 Å². The van der Waals surface area contributed by atoms with E-state index < -0.39 is 0 Å². The van der Waals surface area contributed by atoms with Gasteiger partial charge in [0.2, 0.25) is 0 Å². The van der Waals surface area contributed by atoms with Crippen molar-refractivity contribution in [2.75, 3.05) is 59.0 Å². The molecule has 2 heterocycles. The Morgan fingerprint density at radius 3 is 2.33 bits per heavy atom. The second-order valence-electron chi connectivity index (χ2n) is 6.42. The van der Waals surface area contributed by atoms with Crippen LogP contribution in [0.2, 0.25) is 0 Å². The molecule has 5 heteroatoms. The van der Waals surface area contributed by atoms with Gasteiger partial charge in [0.1, 0.15) is 0 Å². The lowest BCUT2D eigenvalue weighted by molar-refractivity contribution is 0.0317. The molecular formula is C16H33N3O2. The number of nitrogens with zero attached hydrogens (tertiary/aromatic N) is 2. The summed E-state index contributed by atoms with van der Waals surface area (Å²) in [6.07, 6.45) is 4.22. The molecule has 0 amide bonds. The van der Waals surface area contributed by atoms with E-state index in [0.29, 0.717) is 6.04 Å². The average Bonchev–Trinajstić information content (AvgIpc) is 2.53. The summed E-state index contributed by atoms with van der Waals surface area (Å²) < 4.78 is 5.39. The first-order valence-electron chi connectivity index (χ1n) is 8.72. The van der Waals surface area contributed by atoms with E-state index in [4.69, 9.17) is 4.74 Å². The standard InChI is InChI=1S/C16H33N3O2/c1-2-3-16(20)14-17-15-4-6-18(7-5-15)8-9-19-10-12-21-13-11-19/h15-17,20H,2-14H2,1H3. The van der Waals surface area contributed by atoms with Gasteiger partial charge in [-0.25, -0.2) is 0 Å². The summed E-state index contributed by atoms with van der Waals surface area (Å²) in [7, 11) is 0. The Kier molecular flexibility index (Phi) is 7.96. The summed E-state index contributed by atoms with van der Waals surface area (Å²) in [6, 6.07) is 0.594. The van der Waals surface area contributed by atoms with Crippen molar-refractivity contribution >= 4 is 0 Å². The molecule has 0 aromatic heterocycles. The zero-order valence-electron chi connectivity index (χ0n) is 13.6. The zero-order valence-corrected chi connectivity index (χ0v) is 13.6. The predicted molar refractivity (Wildman–Crippen MR) is 85.6 cm³/mol. The number of aliphatic hydroxyl groups excluding tert-OH is 1. The first-order chi connectivity index (χ1) is 10.3. The highest BCUT2D eigenvalue weighted by atomic mass is 16.5. The molecule has 2 saturated heterocycles. The van der Waals surface area contributed by atoms with Crippen LogP contribution in [0.15, 0.2) is 0 Å². The fourth-order valence-corrected chi connectivity index (χ4v) is 3.21. The third-order valence-electron chi connectivity index (χ3n) is 4.69. The molecule has 0 aliphatic carbocycles. The summed E-state index contributed by atoms with van der Waals surface area (Å²) in [5, 5.41) is 13.3. The van der Waals surface area contributed by atoms with E-state index in [0.717, 1.165) is 45.7 Å². The summed E-state index contributed by atoms with van der Waals surface area (Å²) >= 11 is 0. The Bertz CT molecular complexity index is 264. The second-order valence-corrected chi connectivity index (χ2v) is 6.42. The van der Waals surface area contributed by atoms with Crippen LogP contribution in [0.3, 0.4) is 0 Å². The first kappa shape index (κ1) is 17.2. The van der Waals surface area contributed by atoms with Gasteiger partial charge in [-0.05, 0) is 32.4 Å². The monoisotopic (exact) mass is 299 g/mol. The molecule has 1 atom stereocenters. The van der Waals surface area contributed by atoms with Crippen LogP contribution in [-0.4, -0.2) is 86.1 Å². The first-order valence-corrected chi connectivity index (χ1v) is 8.72. The molecule has 0 bridgehead atoms. The van der Waals surface area contributed by atoms with E-state index in [9.17, 15) is 5.11 Å². The van der Waals surface area contributed by atoms with E-state index in [2.05, 4.69) is 22.0 Å². The lowest BCUT2D eigenvalue weighted by Crippen LogP contribution is -2.47. The van der Waals surface area contributed by atoms with Gasteiger partial charge in [-0.1, -0.05) is 13.3 Å². The number of likely N-dealkylation sites (tertiary alicyclic amines) is 1. The summed E-state index contributed by atoms with van der Waals surface area (Å²) in [5.41, 5.74) is 0. The van der Waals surface area contributed by atoms with E-state index >= 15 is 0 Å². The molecule has 0 saturated carbocycles. The molecule has 2 rings (SSSR count). The Morgan fingerprint density at radius 2 is 1.71 bits per heavy atom. The van der Waals surface area contributed by atoms with Crippen molar-refractivity contribution in [2.24, 2.45) is 0 Å². The third-order valence-corrected chi connectivity index (χ3v) is 4.69. The number of morpholine rings is 1. The fraction of sp³-hybridized carbons (Fsp3) is 1.00. The number of hydrogen-bond acceptors (Lipinski definition) is 5. The van der Waals surface area contributed by atoms with E-state index in [-0.39, 0.29) is 6.10 Å². The minimum Gasteiger partial charge on any atom is -0.392 e.